The molecule has 0 unspecified atom stereocenters. The van der Waals surface area contributed by atoms with Crippen molar-refractivity contribution >= 4 is 17.7 Å². The van der Waals surface area contributed by atoms with Gasteiger partial charge >= 0.3 is 0 Å². The standard InChI is InChI=1S/C9H11N3/c1-2-7-5-3-4-6-8(7)12-9(10)11/h2-6H,1H2,(H4,10,11,12). The third kappa shape index (κ3) is 1.85. The molecule has 1 aromatic rings. The number of benzene rings is 1. The number of hydrogen-bond donors (Lipinski definition) is 2. The summed E-state index contributed by atoms with van der Waals surface area (Å²) < 4.78 is 0. The van der Waals surface area contributed by atoms with Crippen molar-refractivity contribution in [2.75, 3.05) is 0 Å². The van der Waals surface area contributed by atoms with E-state index in [9.17, 15) is 0 Å². The Morgan fingerprint density at radius 1 is 1.33 bits per heavy atom. The highest BCUT2D eigenvalue weighted by Crippen LogP contribution is 2.18. The number of aliphatic imine (C=N–C) groups is 1. The van der Waals surface area contributed by atoms with E-state index in [1.165, 1.54) is 0 Å². The van der Waals surface area contributed by atoms with Gasteiger partial charge in [-0.1, -0.05) is 30.9 Å². The molecular formula is C9H11N3. The third-order valence-electron chi connectivity index (χ3n) is 1.41. The normalized spacial score (nSPS) is 9.00. The zero-order valence-electron chi connectivity index (χ0n) is 6.70. The van der Waals surface area contributed by atoms with E-state index in [1.807, 2.05) is 24.3 Å². The van der Waals surface area contributed by atoms with Crippen molar-refractivity contribution in [2.45, 2.75) is 0 Å². The van der Waals surface area contributed by atoms with E-state index in [-0.39, 0.29) is 5.96 Å². The molecule has 0 fully saturated rings. The predicted molar refractivity (Wildman–Crippen MR) is 52.0 cm³/mol. The van der Waals surface area contributed by atoms with Crippen LogP contribution in [-0.2, 0) is 0 Å². The molecule has 0 saturated heterocycles. The average molecular weight is 161 g/mol. The summed E-state index contributed by atoms with van der Waals surface area (Å²) in [5.74, 6) is 0.0595. The first-order chi connectivity index (χ1) is 5.74. The largest absolute Gasteiger partial charge is 0.370 e. The molecule has 0 atom stereocenters. The molecule has 0 amide bonds. The lowest BCUT2D eigenvalue weighted by molar-refractivity contribution is 1.41. The van der Waals surface area contributed by atoms with Gasteiger partial charge < -0.3 is 11.5 Å². The Morgan fingerprint density at radius 3 is 2.58 bits per heavy atom. The van der Waals surface area contributed by atoms with Crippen LogP contribution in [0.3, 0.4) is 0 Å². The SMILES string of the molecule is C=Cc1ccccc1N=C(N)N. The topological polar surface area (TPSA) is 64.4 Å². The van der Waals surface area contributed by atoms with E-state index in [2.05, 4.69) is 11.6 Å². The van der Waals surface area contributed by atoms with Crippen molar-refractivity contribution in [3.8, 4) is 0 Å². The van der Waals surface area contributed by atoms with Crippen molar-refractivity contribution in [1.82, 2.24) is 0 Å². The second-order valence-electron chi connectivity index (χ2n) is 2.30. The van der Waals surface area contributed by atoms with Gasteiger partial charge in [0.05, 0.1) is 5.69 Å². The van der Waals surface area contributed by atoms with Crippen LogP contribution in [0.2, 0.25) is 0 Å². The Kier molecular flexibility index (Phi) is 2.48. The first-order valence-electron chi connectivity index (χ1n) is 3.55. The quantitative estimate of drug-likeness (QED) is 0.506. The van der Waals surface area contributed by atoms with Gasteiger partial charge in [0.15, 0.2) is 5.96 Å². The number of guanidine groups is 1. The van der Waals surface area contributed by atoms with Gasteiger partial charge in [-0.3, -0.25) is 0 Å². The van der Waals surface area contributed by atoms with Gasteiger partial charge in [-0.15, -0.1) is 0 Å². The third-order valence-corrected chi connectivity index (χ3v) is 1.41. The molecule has 62 valence electrons. The van der Waals surface area contributed by atoms with E-state index in [4.69, 9.17) is 11.5 Å². The molecule has 12 heavy (non-hydrogen) atoms. The molecule has 0 aliphatic rings. The van der Waals surface area contributed by atoms with Crippen LogP contribution >= 0.6 is 0 Å². The van der Waals surface area contributed by atoms with Crippen LogP contribution in [0.4, 0.5) is 5.69 Å². The van der Waals surface area contributed by atoms with Crippen LogP contribution in [0.15, 0.2) is 35.8 Å². The lowest BCUT2D eigenvalue weighted by Crippen LogP contribution is -2.21. The summed E-state index contributed by atoms with van der Waals surface area (Å²) >= 11 is 0. The fourth-order valence-electron chi connectivity index (χ4n) is 0.901. The molecule has 0 saturated carbocycles. The molecule has 4 N–H and O–H groups in total. The lowest BCUT2D eigenvalue weighted by atomic mass is 10.2. The molecule has 0 bridgehead atoms. The Labute approximate surface area is 71.4 Å². The van der Waals surface area contributed by atoms with Gasteiger partial charge in [-0.25, -0.2) is 4.99 Å². The van der Waals surface area contributed by atoms with Gasteiger partial charge in [0.1, 0.15) is 0 Å². The smallest absolute Gasteiger partial charge is 0.191 e. The van der Waals surface area contributed by atoms with Crippen molar-refractivity contribution in [2.24, 2.45) is 16.5 Å². The van der Waals surface area contributed by atoms with Crippen LogP contribution in [0.25, 0.3) is 6.08 Å². The molecule has 0 aromatic heterocycles. The molecule has 3 heteroatoms. The van der Waals surface area contributed by atoms with E-state index in [0.717, 1.165) is 11.3 Å². The van der Waals surface area contributed by atoms with E-state index >= 15 is 0 Å². The maximum Gasteiger partial charge on any atom is 0.191 e. The summed E-state index contributed by atoms with van der Waals surface area (Å²) in [6, 6.07) is 7.50. The highest BCUT2D eigenvalue weighted by molar-refractivity contribution is 5.80. The number of hydrogen-bond acceptors (Lipinski definition) is 1. The lowest BCUT2D eigenvalue weighted by Gasteiger charge is -1.98. The maximum atomic E-state index is 5.24. The molecule has 0 spiro atoms. The highest BCUT2D eigenvalue weighted by Gasteiger charge is 1.94. The van der Waals surface area contributed by atoms with Crippen molar-refractivity contribution < 1.29 is 0 Å². The first kappa shape index (κ1) is 8.33. The van der Waals surface area contributed by atoms with Crippen LogP contribution in [0, 0.1) is 0 Å². The molecule has 0 aliphatic heterocycles. The maximum absolute atomic E-state index is 5.24. The minimum atomic E-state index is 0.0595. The van der Waals surface area contributed by atoms with Gasteiger partial charge in [0, 0.05) is 0 Å². The predicted octanol–water partition coefficient (Wildman–Crippen LogP) is 1.23. The first-order valence-corrected chi connectivity index (χ1v) is 3.55. The van der Waals surface area contributed by atoms with Crippen LogP contribution < -0.4 is 11.5 Å². The second-order valence-corrected chi connectivity index (χ2v) is 2.30. The average Bonchev–Trinajstić information content (AvgIpc) is 2.04. The van der Waals surface area contributed by atoms with Gasteiger partial charge in [0.25, 0.3) is 0 Å². The van der Waals surface area contributed by atoms with E-state index in [1.54, 1.807) is 6.08 Å². The monoisotopic (exact) mass is 161 g/mol. The summed E-state index contributed by atoms with van der Waals surface area (Å²) in [5, 5.41) is 0. The molecular weight excluding hydrogens is 150 g/mol. The zero-order valence-corrected chi connectivity index (χ0v) is 6.70. The summed E-state index contributed by atoms with van der Waals surface area (Å²) in [5.41, 5.74) is 12.1. The van der Waals surface area contributed by atoms with Crippen molar-refractivity contribution in [3.63, 3.8) is 0 Å². The number of para-hydroxylation sites is 1. The highest BCUT2D eigenvalue weighted by atomic mass is 15.0. The fraction of sp³-hybridized carbons (Fsp3) is 0. The van der Waals surface area contributed by atoms with Crippen molar-refractivity contribution in [3.05, 3.63) is 36.4 Å². The van der Waals surface area contributed by atoms with Gasteiger partial charge in [-0.05, 0) is 11.6 Å². The number of nitrogens with two attached hydrogens (primary N) is 2. The summed E-state index contributed by atoms with van der Waals surface area (Å²) in [6.45, 7) is 3.65. The number of nitrogens with zero attached hydrogens (tertiary/aromatic N) is 1. The molecule has 3 nitrogen and oxygen atoms in total. The van der Waals surface area contributed by atoms with E-state index in [0.29, 0.717) is 0 Å². The van der Waals surface area contributed by atoms with E-state index < -0.39 is 0 Å². The number of rotatable bonds is 2. The molecule has 1 aromatic carbocycles. The minimum absolute atomic E-state index is 0.0595. The molecule has 0 aliphatic carbocycles. The van der Waals surface area contributed by atoms with Gasteiger partial charge in [-0.2, -0.15) is 0 Å². The second kappa shape index (κ2) is 3.57. The zero-order chi connectivity index (χ0) is 8.97. The molecule has 1 rings (SSSR count). The van der Waals surface area contributed by atoms with Crippen molar-refractivity contribution in [1.29, 1.82) is 0 Å². The van der Waals surface area contributed by atoms with Gasteiger partial charge in [0.2, 0.25) is 0 Å². The summed E-state index contributed by atoms with van der Waals surface area (Å²) in [7, 11) is 0. The Hall–Kier alpha value is -1.77. The Balaban J connectivity index is 3.14. The Morgan fingerprint density at radius 2 is 2.00 bits per heavy atom. The van der Waals surface area contributed by atoms with Crippen LogP contribution in [-0.4, -0.2) is 5.96 Å². The molecule has 0 heterocycles. The fourth-order valence-corrected chi connectivity index (χ4v) is 0.901. The molecule has 0 radical (unpaired) electrons. The summed E-state index contributed by atoms with van der Waals surface area (Å²) in [4.78, 5) is 3.93. The van der Waals surface area contributed by atoms with Crippen LogP contribution in [0.5, 0.6) is 0 Å². The van der Waals surface area contributed by atoms with Crippen LogP contribution in [0.1, 0.15) is 5.56 Å². The minimum Gasteiger partial charge on any atom is -0.370 e. The summed E-state index contributed by atoms with van der Waals surface area (Å²) in [6.07, 6.45) is 1.71. The Bertz CT molecular complexity index is 311.